The van der Waals surface area contributed by atoms with Crippen molar-refractivity contribution in [3.8, 4) is 6.07 Å². The molecule has 0 saturated carbocycles. The Morgan fingerprint density at radius 3 is 2.94 bits per heavy atom. The van der Waals surface area contributed by atoms with E-state index in [1.807, 2.05) is 6.92 Å². The van der Waals surface area contributed by atoms with E-state index in [4.69, 9.17) is 15.7 Å². The molecule has 3 unspecified atom stereocenters. The predicted octanol–water partition coefficient (Wildman–Crippen LogP) is 1.67. The lowest BCUT2D eigenvalue weighted by Crippen LogP contribution is -2.48. The molecular formula is C13H19N3OS. The van der Waals surface area contributed by atoms with Gasteiger partial charge in [-0.1, -0.05) is 0 Å². The molecule has 0 bridgehead atoms. The summed E-state index contributed by atoms with van der Waals surface area (Å²) in [4.78, 5) is 4.84. The minimum atomic E-state index is -0.332. The van der Waals surface area contributed by atoms with Crippen LogP contribution in [0.3, 0.4) is 0 Å². The van der Waals surface area contributed by atoms with Crippen LogP contribution < -0.4 is 5.73 Å². The summed E-state index contributed by atoms with van der Waals surface area (Å²) >= 11 is 1.78. The Morgan fingerprint density at radius 2 is 2.39 bits per heavy atom. The van der Waals surface area contributed by atoms with Crippen LogP contribution in [0.1, 0.15) is 22.7 Å². The maximum atomic E-state index is 8.97. The Labute approximate surface area is 112 Å². The third kappa shape index (κ3) is 2.90. The Bertz CT molecular complexity index is 438. The van der Waals surface area contributed by atoms with Crippen LogP contribution >= 0.6 is 11.3 Å². The summed E-state index contributed by atoms with van der Waals surface area (Å²) in [6, 6.07) is 6.68. The monoisotopic (exact) mass is 265 g/mol. The van der Waals surface area contributed by atoms with E-state index < -0.39 is 0 Å². The molecule has 0 aliphatic carbocycles. The first-order chi connectivity index (χ1) is 8.61. The first-order valence-corrected chi connectivity index (χ1v) is 7.00. The van der Waals surface area contributed by atoms with Gasteiger partial charge in [0.1, 0.15) is 0 Å². The molecule has 1 aromatic rings. The van der Waals surface area contributed by atoms with E-state index in [-0.39, 0.29) is 18.2 Å². The van der Waals surface area contributed by atoms with Crippen LogP contribution in [0.25, 0.3) is 0 Å². The highest BCUT2D eigenvalue weighted by atomic mass is 32.1. The zero-order chi connectivity index (χ0) is 13.1. The van der Waals surface area contributed by atoms with E-state index in [2.05, 4.69) is 30.0 Å². The number of nitriles is 1. The molecule has 98 valence electrons. The smallest absolute Gasteiger partial charge is 0.156 e. The molecule has 2 rings (SSSR count). The van der Waals surface area contributed by atoms with Crippen LogP contribution in [0, 0.1) is 18.3 Å². The van der Waals surface area contributed by atoms with Gasteiger partial charge in [-0.15, -0.1) is 11.3 Å². The average Bonchev–Trinajstić information content (AvgIpc) is 2.75. The second kappa shape index (κ2) is 5.81. The second-order valence-corrected chi connectivity index (χ2v) is 6.06. The highest BCUT2D eigenvalue weighted by molar-refractivity contribution is 7.12. The highest BCUT2D eigenvalue weighted by Crippen LogP contribution is 2.30. The Balaban J connectivity index is 2.18. The van der Waals surface area contributed by atoms with E-state index in [1.165, 1.54) is 9.75 Å². The van der Waals surface area contributed by atoms with Crippen molar-refractivity contribution in [2.75, 3.05) is 19.7 Å². The molecule has 4 nitrogen and oxygen atoms in total. The molecular weight excluding hydrogens is 246 g/mol. The van der Waals surface area contributed by atoms with Gasteiger partial charge in [0.2, 0.25) is 0 Å². The highest BCUT2D eigenvalue weighted by Gasteiger charge is 2.30. The minimum absolute atomic E-state index is 0.0421. The number of nitrogens with zero attached hydrogens (tertiary/aromatic N) is 2. The fourth-order valence-corrected chi connectivity index (χ4v) is 3.51. The lowest BCUT2D eigenvalue weighted by molar-refractivity contribution is -0.0204. The SMILES string of the molecule is Cc1ccc(C(C(C)N)N2CCOC(C#N)C2)s1. The number of hydrogen-bond acceptors (Lipinski definition) is 5. The van der Waals surface area contributed by atoms with Crippen LogP contribution in [0.4, 0.5) is 0 Å². The summed E-state index contributed by atoms with van der Waals surface area (Å²) in [5, 5.41) is 8.97. The van der Waals surface area contributed by atoms with E-state index in [1.54, 1.807) is 11.3 Å². The zero-order valence-electron chi connectivity index (χ0n) is 10.8. The van der Waals surface area contributed by atoms with Crippen LogP contribution in [-0.2, 0) is 4.74 Å². The molecule has 18 heavy (non-hydrogen) atoms. The van der Waals surface area contributed by atoms with Gasteiger partial charge in [-0.05, 0) is 26.0 Å². The quantitative estimate of drug-likeness (QED) is 0.903. The molecule has 5 heteroatoms. The number of rotatable bonds is 3. The summed E-state index contributed by atoms with van der Waals surface area (Å²) in [5.41, 5.74) is 6.14. The summed E-state index contributed by atoms with van der Waals surface area (Å²) in [5.74, 6) is 0. The van der Waals surface area contributed by atoms with Gasteiger partial charge >= 0.3 is 0 Å². The van der Waals surface area contributed by atoms with Gasteiger partial charge < -0.3 is 10.5 Å². The van der Waals surface area contributed by atoms with Gasteiger partial charge in [-0.2, -0.15) is 5.26 Å². The van der Waals surface area contributed by atoms with E-state index in [0.29, 0.717) is 13.2 Å². The van der Waals surface area contributed by atoms with E-state index >= 15 is 0 Å². The zero-order valence-corrected chi connectivity index (χ0v) is 11.6. The molecule has 3 atom stereocenters. The van der Waals surface area contributed by atoms with Crippen molar-refractivity contribution in [2.45, 2.75) is 32.0 Å². The summed E-state index contributed by atoms with van der Waals surface area (Å²) in [6.45, 7) is 6.20. The number of hydrogen-bond donors (Lipinski definition) is 1. The van der Waals surface area contributed by atoms with Crippen LogP contribution in [0.15, 0.2) is 12.1 Å². The maximum Gasteiger partial charge on any atom is 0.156 e. The number of ether oxygens (including phenoxy) is 1. The number of thiophene rings is 1. The Kier molecular flexibility index (Phi) is 4.36. The van der Waals surface area contributed by atoms with Gasteiger partial charge in [-0.3, -0.25) is 4.90 Å². The van der Waals surface area contributed by atoms with Gasteiger partial charge in [0.15, 0.2) is 6.10 Å². The lowest BCUT2D eigenvalue weighted by atomic mass is 10.1. The maximum absolute atomic E-state index is 8.97. The van der Waals surface area contributed by atoms with Crippen LogP contribution in [0.5, 0.6) is 0 Å². The molecule has 0 radical (unpaired) electrons. The van der Waals surface area contributed by atoms with E-state index in [0.717, 1.165) is 6.54 Å². The number of morpholine rings is 1. The number of nitrogens with two attached hydrogens (primary N) is 1. The van der Waals surface area contributed by atoms with Gasteiger partial charge in [0.05, 0.1) is 18.7 Å². The Morgan fingerprint density at radius 1 is 1.61 bits per heavy atom. The molecule has 0 aromatic carbocycles. The molecule has 0 spiro atoms. The molecule has 0 amide bonds. The molecule has 1 fully saturated rings. The van der Waals surface area contributed by atoms with Gasteiger partial charge in [0, 0.05) is 28.9 Å². The van der Waals surface area contributed by atoms with Crippen molar-refractivity contribution in [3.63, 3.8) is 0 Å². The molecule has 2 N–H and O–H groups in total. The number of aryl methyl sites for hydroxylation is 1. The Hall–Kier alpha value is -0.930. The van der Waals surface area contributed by atoms with Crippen molar-refractivity contribution in [3.05, 3.63) is 21.9 Å². The van der Waals surface area contributed by atoms with Crippen LogP contribution in [-0.4, -0.2) is 36.7 Å². The van der Waals surface area contributed by atoms with Crippen LogP contribution in [0.2, 0.25) is 0 Å². The molecule has 1 aliphatic heterocycles. The third-order valence-corrected chi connectivity index (χ3v) is 4.26. The summed E-state index contributed by atoms with van der Waals surface area (Å²) in [7, 11) is 0. The topological polar surface area (TPSA) is 62.3 Å². The van der Waals surface area contributed by atoms with Gasteiger partial charge in [0.25, 0.3) is 0 Å². The molecule has 1 aromatic heterocycles. The largest absolute Gasteiger partial charge is 0.361 e. The summed E-state index contributed by atoms with van der Waals surface area (Å²) in [6.07, 6.45) is -0.332. The van der Waals surface area contributed by atoms with E-state index in [9.17, 15) is 0 Å². The minimum Gasteiger partial charge on any atom is -0.361 e. The second-order valence-electron chi connectivity index (χ2n) is 4.74. The summed E-state index contributed by atoms with van der Waals surface area (Å²) < 4.78 is 5.39. The van der Waals surface area contributed by atoms with Crippen molar-refractivity contribution < 1.29 is 4.74 Å². The fourth-order valence-electron chi connectivity index (χ4n) is 2.38. The first kappa shape index (κ1) is 13.5. The molecule has 1 aliphatic rings. The van der Waals surface area contributed by atoms with Gasteiger partial charge in [-0.25, -0.2) is 0 Å². The fraction of sp³-hybridized carbons (Fsp3) is 0.615. The van der Waals surface area contributed by atoms with Crippen molar-refractivity contribution in [1.82, 2.24) is 4.90 Å². The van der Waals surface area contributed by atoms with Crippen molar-refractivity contribution in [1.29, 1.82) is 5.26 Å². The predicted molar refractivity (Wildman–Crippen MR) is 72.4 cm³/mol. The molecule has 2 heterocycles. The normalized spacial score (nSPS) is 24.4. The van der Waals surface area contributed by atoms with Crippen molar-refractivity contribution >= 4 is 11.3 Å². The third-order valence-electron chi connectivity index (χ3n) is 3.19. The lowest BCUT2D eigenvalue weighted by Gasteiger charge is -2.37. The average molecular weight is 265 g/mol. The van der Waals surface area contributed by atoms with Crippen molar-refractivity contribution in [2.24, 2.45) is 5.73 Å². The molecule has 1 saturated heterocycles. The first-order valence-electron chi connectivity index (χ1n) is 6.19. The standard InChI is InChI=1S/C13H19N3OS/c1-9-3-4-12(18-9)13(10(2)15)16-5-6-17-11(7-14)8-16/h3-4,10-11,13H,5-6,8,15H2,1-2H3.